The molecule has 0 radical (unpaired) electrons. The van der Waals surface area contributed by atoms with Gasteiger partial charge in [-0.05, 0) is 20.8 Å². The number of hydrogen-bond acceptors (Lipinski definition) is 6. The van der Waals surface area contributed by atoms with E-state index in [0.29, 0.717) is 18.2 Å². The third-order valence-electron chi connectivity index (χ3n) is 2.27. The minimum atomic E-state index is -0.428. The fourth-order valence-electron chi connectivity index (χ4n) is 1.41. The zero-order valence-electron chi connectivity index (χ0n) is 11.4. The zero-order chi connectivity index (χ0) is 13.6. The van der Waals surface area contributed by atoms with Crippen molar-refractivity contribution in [3.05, 3.63) is 11.9 Å². The van der Waals surface area contributed by atoms with Gasteiger partial charge in [0.15, 0.2) is 5.82 Å². The van der Waals surface area contributed by atoms with Crippen molar-refractivity contribution in [2.75, 3.05) is 30.9 Å². The van der Waals surface area contributed by atoms with Crippen LogP contribution in [0, 0.1) is 0 Å². The molecule has 0 saturated carbocycles. The Morgan fingerprint density at radius 1 is 1.33 bits per heavy atom. The largest absolute Gasteiger partial charge is 0.394 e. The molecule has 0 fully saturated rings. The lowest BCUT2D eigenvalue weighted by Gasteiger charge is -2.24. The smallest absolute Gasteiger partial charge is 0.158 e. The summed E-state index contributed by atoms with van der Waals surface area (Å²) in [4.78, 5) is 8.66. The number of hydrogen-bond donors (Lipinski definition) is 3. The fraction of sp³-hybridized carbons (Fsp3) is 0.667. The first-order valence-electron chi connectivity index (χ1n) is 6.00. The number of nitrogens with zero attached hydrogens (tertiary/aromatic N) is 2. The van der Waals surface area contributed by atoms with Crippen LogP contribution in [0.5, 0.6) is 0 Å². The molecule has 18 heavy (non-hydrogen) atoms. The normalized spacial score (nSPS) is 11.4. The van der Waals surface area contributed by atoms with Crippen molar-refractivity contribution in [3.63, 3.8) is 0 Å². The van der Waals surface area contributed by atoms with Gasteiger partial charge in [-0.1, -0.05) is 0 Å². The van der Waals surface area contributed by atoms with Crippen LogP contribution >= 0.6 is 0 Å². The second-order valence-electron chi connectivity index (χ2n) is 4.68. The van der Waals surface area contributed by atoms with Crippen molar-refractivity contribution in [2.24, 2.45) is 0 Å². The number of aliphatic hydroxyl groups excluding tert-OH is 1. The van der Waals surface area contributed by atoms with Crippen molar-refractivity contribution in [2.45, 2.75) is 32.9 Å². The molecule has 102 valence electrons. The number of aromatic nitrogens is 2. The van der Waals surface area contributed by atoms with Gasteiger partial charge in [-0.3, -0.25) is 0 Å². The lowest BCUT2D eigenvalue weighted by molar-refractivity contribution is 0.178. The van der Waals surface area contributed by atoms with Crippen LogP contribution in [-0.4, -0.2) is 40.9 Å². The number of nitrogens with one attached hydrogen (secondary N) is 2. The van der Waals surface area contributed by atoms with Gasteiger partial charge in [0.05, 0.1) is 12.1 Å². The minimum Gasteiger partial charge on any atom is -0.394 e. The Kier molecular flexibility index (Phi) is 5.30. The second kappa shape index (κ2) is 6.51. The van der Waals surface area contributed by atoms with Crippen molar-refractivity contribution < 1.29 is 9.84 Å². The van der Waals surface area contributed by atoms with Crippen LogP contribution in [0.2, 0.25) is 0 Å². The molecule has 0 aliphatic rings. The lowest BCUT2D eigenvalue weighted by atomic mass is 10.1. The summed E-state index contributed by atoms with van der Waals surface area (Å²) in [5, 5.41) is 15.6. The SMILES string of the molecule is CCNc1cc(NC(C)(C)CO)nc(COC)n1. The van der Waals surface area contributed by atoms with Gasteiger partial charge in [-0.15, -0.1) is 0 Å². The molecular weight excluding hydrogens is 232 g/mol. The zero-order valence-corrected chi connectivity index (χ0v) is 11.4. The highest BCUT2D eigenvalue weighted by atomic mass is 16.5. The summed E-state index contributed by atoms with van der Waals surface area (Å²) < 4.78 is 5.04. The Morgan fingerprint density at radius 2 is 2.00 bits per heavy atom. The average molecular weight is 254 g/mol. The molecular formula is C12H22N4O2. The van der Waals surface area contributed by atoms with Gasteiger partial charge in [0.25, 0.3) is 0 Å². The monoisotopic (exact) mass is 254 g/mol. The van der Waals surface area contributed by atoms with E-state index in [9.17, 15) is 5.11 Å². The van der Waals surface area contributed by atoms with E-state index in [1.807, 2.05) is 26.8 Å². The molecule has 6 nitrogen and oxygen atoms in total. The number of anilines is 2. The summed E-state index contributed by atoms with van der Waals surface area (Å²) in [5.41, 5.74) is -0.428. The summed E-state index contributed by atoms with van der Waals surface area (Å²) >= 11 is 0. The summed E-state index contributed by atoms with van der Waals surface area (Å²) in [7, 11) is 1.61. The predicted octanol–water partition coefficient (Wildman–Crippen LogP) is 1.24. The summed E-state index contributed by atoms with van der Waals surface area (Å²) in [6.07, 6.45) is 0. The molecule has 0 unspecified atom stereocenters. The molecule has 0 aromatic carbocycles. The van der Waals surface area contributed by atoms with Crippen molar-refractivity contribution in [3.8, 4) is 0 Å². The second-order valence-corrected chi connectivity index (χ2v) is 4.68. The maximum absolute atomic E-state index is 9.25. The van der Waals surface area contributed by atoms with E-state index in [2.05, 4.69) is 20.6 Å². The Hall–Kier alpha value is -1.40. The van der Waals surface area contributed by atoms with Crippen LogP contribution in [-0.2, 0) is 11.3 Å². The van der Waals surface area contributed by atoms with Crippen molar-refractivity contribution in [1.29, 1.82) is 0 Å². The minimum absolute atomic E-state index is 0.0210. The number of rotatable bonds is 7. The molecule has 0 aliphatic heterocycles. The van der Waals surface area contributed by atoms with Crippen LogP contribution in [0.25, 0.3) is 0 Å². The Bertz CT molecular complexity index is 358. The van der Waals surface area contributed by atoms with Gasteiger partial charge in [-0.25, -0.2) is 9.97 Å². The van der Waals surface area contributed by atoms with E-state index in [0.717, 1.165) is 12.4 Å². The van der Waals surface area contributed by atoms with Crippen molar-refractivity contribution in [1.82, 2.24) is 9.97 Å². The number of aliphatic hydroxyl groups is 1. The van der Waals surface area contributed by atoms with Gasteiger partial charge in [0.1, 0.15) is 18.2 Å². The van der Waals surface area contributed by atoms with E-state index in [1.54, 1.807) is 7.11 Å². The molecule has 0 spiro atoms. The lowest BCUT2D eigenvalue weighted by Crippen LogP contribution is -2.35. The molecule has 0 atom stereocenters. The molecule has 6 heteroatoms. The van der Waals surface area contributed by atoms with E-state index in [1.165, 1.54) is 0 Å². The van der Waals surface area contributed by atoms with E-state index < -0.39 is 5.54 Å². The maximum Gasteiger partial charge on any atom is 0.158 e. The van der Waals surface area contributed by atoms with Gasteiger partial charge >= 0.3 is 0 Å². The number of ether oxygens (including phenoxy) is 1. The molecule has 0 bridgehead atoms. The third kappa shape index (κ3) is 4.46. The van der Waals surface area contributed by atoms with Crippen LogP contribution in [0.3, 0.4) is 0 Å². The third-order valence-corrected chi connectivity index (χ3v) is 2.27. The first kappa shape index (κ1) is 14.7. The molecule has 1 aromatic heterocycles. The molecule has 0 aliphatic carbocycles. The quantitative estimate of drug-likeness (QED) is 0.679. The first-order valence-corrected chi connectivity index (χ1v) is 6.00. The van der Waals surface area contributed by atoms with Gasteiger partial charge in [0, 0.05) is 19.7 Å². The standard InChI is InChI=1S/C12H22N4O2/c1-5-13-9-6-10(16-12(2,3)8-17)15-11(14-9)7-18-4/h6,17H,5,7-8H2,1-4H3,(H2,13,14,15,16). The number of methoxy groups -OCH3 is 1. The maximum atomic E-state index is 9.25. The Balaban J connectivity index is 2.95. The molecule has 0 amide bonds. The highest BCUT2D eigenvalue weighted by molar-refractivity contribution is 5.48. The Labute approximate surface area is 108 Å². The summed E-state index contributed by atoms with van der Waals surface area (Å²) in [5.74, 6) is 2.02. The Morgan fingerprint density at radius 3 is 2.56 bits per heavy atom. The summed E-state index contributed by atoms with van der Waals surface area (Å²) in [6, 6.07) is 1.82. The molecule has 3 N–H and O–H groups in total. The van der Waals surface area contributed by atoms with Gasteiger partial charge < -0.3 is 20.5 Å². The van der Waals surface area contributed by atoms with E-state index in [-0.39, 0.29) is 6.61 Å². The molecule has 1 heterocycles. The van der Waals surface area contributed by atoms with Crippen molar-refractivity contribution >= 4 is 11.6 Å². The molecule has 1 rings (SSSR count). The van der Waals surface area contributed by atoms with Gasteiger partial charge in [0.2, 0.25) is 0 Å². The summed E-state index contributed by atoms with van der Waals surface area (Å²) in [6.45, 7) is 6.96. The first-order chi connectivity index (χ1) is 8.50. The van der Waals surface area contributed by atoms with Crippen LogP contribution in [0.1, 0.15) is 26.6 Å². The average Bonchev–Trinajstić information content (AvgIpc) is 2.29. The van der Waals surface area contributed by atoms with E-state index >= 15 is 0 Å². The topological polar surface area (TPSA) is 79.3 Å². The molecule has 0 saturated heterocycles. The molecule has 1 aromatic rings. The van der Waals surface area contributed by atoms with Crippen LogP contribution in [0.15, 0.2) is 6.07 Å². The van der Waals surface area contributed by atoms with Crippen LogP contribution < -0.4 is 10.6 Å². The highest BCUT2D eigenvalue weighted by Crippen LogP contribution is 2.16. The van der Waals surface area contributed by atoms with Crippen LogP contribution in [0.4, 0.5) is 11.6 Å². The predicted molar refractivity (Wildman–Crippen MR) is 71.7 cm³/mol. The van der Waals surface area contributed by atoms with E-state index in [4.69, 9.17) is 4.74 Å². The van der Waals surface area contributed by atoms with Gasteiger partial charge in [-0.2, -0.15) is 0 Å². The highest BCUT2D eigenvalue weighted by Gasteiger charge is 2.17. The fourth-order valence-corrected chi connectivity index (χ4v) is 1.41.